The van der Waals surface area contributed by atoms with Crippen molar-refractivity contribution >= 4 is 29.5 Å². The molecule has 0 aliphatic rings. The number of carbonyl (C=O) groups excluding carboxylic acids is 4. The summed E-state index contributed by atoms with van der Waals surface area (Å²) in [5, 5.41) is 6.61. The number of benzene rings is 2. The first kappa shape index (κ1) is 27.0. The van der Waals surface area contributed by atoms with E-state index < -0.39 is 48.8 Å². The Morgan fingerprint density at radius 3 is 2.34 bits per heavy atom. The highest BCUT2D eigenvalue weighted by atomic mass is 19.4. The highest BCUT2D eigenvalue weighted by molar-refractivity contribution is 5.97. The van der Waals surface area contributed by atoms with Crippen LogP contribution in [-0.2, 0) is 20.5 Å². The molecule has 3 N–H and O–H groups in total. The first-order valence-corrected chi connectivity index (χ1v) is 10.1. The number of hydrogen-bond acceptors (Lipinski definition) is 7. The average molecular weight is 497 g/mol. The van der Waals surface area contributed by atoms with Crippen molar-refractivity contribution < 1.29 is 46.6 Å². The number of imide groups is 1. The second-order valence-electron chi connectivity index (χ2n) is 6.76. The van der Waals surface area contributed by atoms with Gasteiger partial charge >= 0.3 is 18.2 Å². The predicted octanol–water partition coefficient (Wildman–Crippen LogP) is 2.73. The molecule has 0 unspecified atom stereocenters. The first-order chi connectivity index (χ1) is 16.5. The minimum Gasteiger partial charge on any atom is -0.493 e. The lowest BCUT2D eigenvalue weighted by molar-refractivity contribution is -0.137. The van der Waals surface area contributed by atoms with Gasteiger partial charge in [-0.15, -0.1) is 0 Å². The number of halogens is 3. The van der Waals surface area contributed by atoms with Crippen molar-refractivity contribution in [3.8, 4) is 11.5 Å². The van der Waals surface area contributed by atoms with E-state index >= 15 is 0 Å². The van der Waals surface area contributed by atoms with Gasteiger partial charge in [0.1, 0.15) is 0 Å². The summed E-state index contributed by atoms with van der Waals surface area (Å²) in [5.41, 5.74) is -0.981. The molecular weight excluding hydrogens is 475 g/mol. The third kappa shape index (κ3) is 8.53. The Morgan fingerprint density at radius 2 is 1.69 bits per heavy atom. The molecule has 0 radical (unpaired) electrons. The van der Waals surface area contributed by atoms with Crippen molar-refractivity contribution in [2.75, 3.05) is 32.2 Å². The van der Waals surface area contributed by atoms with Gasteiger partial charge in [0, 0.05) is 12.2 Å². The van der Waals surface area contributed by atoms with E-state index in [1.807, 2.05) is 5.32 Å². The summed E-state index contributed by atoms with van der Waals surface area (Å²) in [6.45, 7) is 0.705. The Morgan fingerprint density at radius 1 is 0.943 bits per heavy atom. The summed E-state index contributed by atoms with van der Waals surface area (Å²) in [4.78, 5) is 47.1. The van der Waals surface area contributed by atoms with Crippen molar-refractivity contribution in [1.82, 2.24) is 10.6 Å². The molecule has 4 amide bonds. The predicted molar refractivity (Wildman–Crippen MR) is 116 cm³/mol. The molecule has 2 rings (SSSR count). The monoisotopic (exact) mass is 497 g/mol. The SMILES string of the molecule is CCNC(=O)NC(=O)COC(=O)c1ccc(OCC(=O)Nc2cccc(C(F)(F)F)c2)c(OC)c1. The van der Waals surface area contributed by atoms with Crippen molar-refractivity contribution in [2.24, 2.45) is 0 Å². The molecule has 0 fully saturated rings. The lowest BCUT2D eigenvalue weighted by Gasteiger charge is -2.13. The number of esters is 1. The van der Waals surface area contributed by atoms with E-state index in [0.717, 1.165) is 18.2 Å². The molecule has 2 aromatic carbocycles. The molecule has 0 spiro atoms. The molecule has 13 heteroatoms. The number of alkyl halides is 3. The van der Waals surface area contributed by atoms with Crippen molar-refractivity contribution in [2.45, 2.75) is 13.1 Å². The third-order valence-corrected chi connectivity index (χ3v) is 4.16. The second kappa shape index (κ2) is 12.3. The number of anilines is 1. The van der Waals surface area contributed by atoms with E-state index in [1.54, 1.807) is 6.92 Å². The van der Waals surface area contributed by atoms with Crippen molar-refractivity contribution in [3.05, 3.63) is 53.6 Å². The lowest BCUT2D eigenvalue weighted by atomic mass is 10.2. The smallest absolute Gasteiger partial charge is 0.416 e. The molecule has 10 nitrogen and oxygen atoms in total. The van der Waals surface area contributed by atoms with Gasteiger partial charge in [-0.3, -0.25) is 14.9 Å². The zero-order valence-corrected chi connectivity index (χ0v) is 18.7. The molecule has 188 valence electrons. The van der Waals surface area contributed by atoms with Gasteiger partial charge in [-0.05, 0) is 43.3 Å². The topological polar surface area (TPSA) is 132 Å². The molecule has 0 bridgehead atoms. The van der Waals surface area contributed by atoms with E-state index in [9.17, 15) is 32.3 Å². The lowest BCUT2D eigenvalue weighted by Crippen LogP contribution is -2.41. The normalized spacial score (nSPS) is 10.7. The second-order valence-corrected chi connectivity index (χ2v) is 6.76. The van der Waals surface area contributed by atoms with Crippen molar-refractivity contribution in [1.29, 1.82) is 0 Å². The fraction of sp³-hybridized carbons (Fsp3) is 0.273. The summed E-state index contributed by atoms with van der Waals surface area (Å²) in [7, 11) is 1.28. The number of urea groups is 1. The van der Waals surface area contributed by atoms with Crippen LogP contribution >= 0.6 is 0 Å². The van der Waals surface area contributed by atoms with E-state index in [4.69, 9.17) is 14.2 Å². The highest BCUT2D eigenvalue weighted by Gasteiger charge is 2.30. The largest absolute Gasteiger partial charge is 0.493 e. The summed E-state index contributed by atoms with van der Waals surface area (Å²) in [6.07, 6.45) is -4.55. The third-order valence-electron chi connectivity index (χ3n) is 4.16. The van der Waals surface area contributed by atoms with Gasteiger partial charge in [-0.1, -0.05) is 6.07 Å². The Labute approximate surface area is 197 Å². The van der Waals surface area contributed by atoms with Gasteiger partial charge in [0.2, 0.25) is 0 Å². The maximum atomic E-state index is 12.8. The number of amides is 4. The van der Waals surface area contributed by atoms with Crippen LogP contribution < -0.4 is 25.4 Å². The van der Waals surface area contributed by atoms with Crippen LogP contribution in [0.15, 0.2) is 42.5 Å². The number of carbonyl (C=O) groups is 4. The molecule has 35 heavy (non-hydrogen) atoms. The first-order valence-electron chi connectivity index (χ1n) is 10.1. The number of hydrogen-bond donors (Lipinski definition) is 3. The minimum atomic E-state index is -4.55. The molecule has 0 saturated carbocycles. The van der Waals surface area contributed by atoms with Gasteiger partial charge < -0.3 is 24.8 Å². The zero-order chi connectivity index (χ0) is 26.0. The summed E-state index contributed by atoms with van der Waals surface area (Å²) >= 11 is 0. The van der Waals surface area contributed by atoms with E-state index in [2.05, 4.69) is 10.6 Å². The summed E-state index contributed by atoms with van der Waals surface area (Å²) in [6, 6.07) is 7.22. The highest BCUT2D eigenvalue weighted by Crippen LogP contribution is 2.31. The molecule has 0 heterocycles. The average Bonchev–Trinajstić information content (AvgIpc) is 2.80. The maximum absolute atomic E-state index is 12.8. The molecule has 0 atom stereocenters. The molecular formula is C22H22F3N3O7. The Balaban J connectivity index is 1.93. The van der Waals surface area contributed by atoms with Crippen LogP contribution in [0.3, 0.4) is 0 Å². The number of rotatable bonds is 9. The zero-order valence-electron chi connectivity index (χ0n) is 18.7. The van der Waals surface area contributed by atoms with Gasteiger partial charge in [-0.2, -0.15) is 13.2 Å². The number of nitrogens with one attached hydrogen (secondary N) is 3. The van der Waals surface area contributed by atoms with Crippen LogP contribution in [0.5, 0.6) is 11.5 Å². The fourth-order valence-corrected chi connectivity index (χ4v) is 2.61. The summed E-state index contributed by atoms with van der Waals surface area (Å²) in [5.74, 6) is -2.32. The van der Waals surface area contributed by atoms with Gasteiger partial charge in [0.25, 0.3) is 11.8 Å². The molecule has 2 aromatic rings. The van der Waals surface area contributed by atoms with Crippen LogP contribution in [0.1, 0.15) is 22.8 Å². The Hall–Kier alpha value is -4.29. The minimum absolute atomic E-state index is 0.00609. The molecule has 0 saturated heterocycles. The molecule has 0 aromatic heterocycles. The van der Waals surface area contributed by atoms with Gasteiger partial charge in [-0.25, -0.2) is 9.59 Å². The van der Waals surface area contributed by atoms with E-state index in [-0.39, 0.29) is 22.7 Å². The van der Waals surface area contributed by atoms with Crippen LogP contribution in [0.2, 0.25) is 0 Å². The standard InChI is InChI=1S/C22H22F3N3O7/c1-3-26-21(32)28-19(30)12-35-20(31)13-7-8-16(17(9-13)33-2)34-11-18(29)27-15-6-4-5-14(10-15)22(23,24)25/h4-10H,3,11-12H2,1-2H3,(H,27,29)(H2,26,28,30,32). The van der Waals surface area contributed by atoms with Crippen molar-refractivity contribution in [3.63, 3.8) is 0 Å². The fourth-order valence-electron chi connectivity index (χ4n) is 2.61. The Kier molecular flexibility index (Phi) is 9.44. The molecule has 0 aliphatic carbocycles. The van der Waals surface area contributed by atoms with Gasteiger partial charge in [0.15, 0.2) is 24.7 Å². The summed E-state index contributed by atoms with van der Waals surface area (Å²) < 4.78 is 53.7. The van der Waals surface area contributed by atoms with Crippen LogP contribution in [0, 0.1) is 0 Å². The quantitative estimate of drug-likeness (QED) is 0.454. The Bertz CT molecular complexity index is 1090. The van der Waals surface area contributed by atoms with Crippen LogP contribution in [0.4, 0.5) is 23.7 Å². The number of methoxy groups -OCH3 is 1. The van der Waals surface area contributed by atoms with E-state index in [1.165, 1.54) is 31.4 Å². The van der Waals surface area contributed by atoms with Crippen LogP contribution in [0.25, 0.3) is 0 Å². The van der Waals surface area contributed by atoms with E-state index in [0.29, 0.717) is 6.54 Å². The van der Waals surface area contributed by atoms with Gasteiger partial charge in [0.05, 0.1) is 18.2 Å². The molecule has 0 aliphatic heterocycles. The van der Waals surface area contributed by atoms with Crippen LogP contribution in [-0.4, -0.2) is 50.7 Å². The maximum Gasteiger partial charge on any atom is 0.416 e. The number of ether oxygens (including phenoxy) is 3.